The summed E-state index contributed by atoms with van der Waals surface area (Å²) in [5.74, 6) is 0. The lowest BCUT2D eigenvalue weighted by atomic mass is 10.0. The number of methoxy groups -OCH3 is 1. The summed E-state index contributed by atoms with van der Waals surface area (Å²) in [5, 5.41) is 12.3. The van der Waals surface area contributed by atoms with Crippen LogP contribution in [0.2, 0.25) is 0 Å². The van der Waals surface area contributed by atoms with Crippen LogP contribution in [0.5, 0.6) is 0 Å². The van der Waals surface area contributed by atoms with Crippen LogP contribution in [0.1, 0.15) is 6.42 Å². The summed E-state index contributed by atoms with van der Waals surface area (Å²) in [7, 11) is 3.71. The van der Waals surface area contributed by atoms with E-state index in [1.807, 2.05) is 7.05 Å². The molecular formula is C9H17N3O. The molecule has 4 nitrogen and oxygen atoms in total. The van der Waals surface area contributed by atoms with Crippen LogP contribution in [0.3, 0.4) is 0 Å². The van der Waals surface area contributed by atoms with Crippen LogP contribution in [0.15, 0.2) is 0 Å². The third-order valence-corrected chi connectivity index (χ3v) is 2.44. The minimum Gasteiger partial charge on any atom is -0.383 e. The maximum Gasteiger partial charge on any atom is 0.120 e. The van der Waals surface area contributed by atoms with Gasteiger partial charge in [-0.25, -0.2) is 0 Å². The van der Waals surface area contributed by atoms with Gasteiger partial charge in [0.05, 0.1) is 12.7 Å². The van der Waals surface area contributed by atoms with Crippen molar-refractivity contribution in [2.75, 3.05) is 40.4 Å². The minimum atomic E-state index is -0.340. The van der Waals surface area contributed by atoms with Crippen LogP contribution in [0, 0.1) is 11.3 Å². The first kappa shape index (κ1) is 10.5. The molecule has 1 atom stereocenters. The van der Waals surface area contributed by atoms with E-state index in [1.54, 1.807) is 7.11 Å². The molecule has 1 heterocycles. The molecule has 0 spiro atoms. The Morgan fingerprint density at radius 3 is 2.92 bits per heavy atom. The Morgan fingerprint density at radius 2 is 2.46 bits per heavy atom. The van der Waals surface area contributed by atoms with Gasteiger partial charge in [-0.15, -0.1) is 0 Å². The van der Waals surface area contributed by atoms with E-state index in [2.05, 4.69) is 16.3 Å². The number of hydrogen-bond acceptors (Lipinski definition) is 4. The van der Waals surface area contributed by atoms with E-state index in [0.717, 1.165) is 26.1 Å². The zero-order chi connectivity index (χ0) is 9.73. The quantitative estimate of drug-likeness (QED) is 0.614. The maximum absolute atomic E-state index is 9.05. The van der Waals surface area contributed by atoms with Crippen LogP contribution >= 0.6 is 0 Å². The SMILES string of the molecule is COCCNC1(C#N)CCN(C)C1. The molecule has 0 aliphatic carbocycles. The molecule has 4 heteroatoms. The van der Waals surface area contributed by atoms with E-state index >= 15 is 0 Å². The van der Waals surface area contributed by atoms with Crippen LogP contribution in [-0.2, 0) is 4.74 Å². The first-order valence-electron chi connectivity index (χ1n) is 4.56. The van der Waals surface area contributed by atoms with Gasteiger partial charge in [0, 0.05) is 26.7 Å². The highest BCUT2D eigenvalue weighted by Gasteiger charge is 2.35. The van der Waals surface area contributed by atoms with Gasteiger partial charge in [-0.1, -0.05) is 0 Å². The summed E-state index contributed by atoms with van der Waals surface area (Å²) < 4.78 is 4.93. The van der Waals surface area contributed by atoms with Gasteiger partial charge < -0.3 is 9.64 Å². The molecule has 74 valence electrons. The highest BCUT2D eigenvalue weighted by atomic mass is 16.5. The smallest absolute Gasteiger partial charge is 0.120 e. The average Bonchev–Trinajstić information content (AvgIpc) is 2.49. The molecule has 1 rings (SSSR count). The molecule has 1 saturated heterocycles. The minimum absolute atomic E-state index is 0.340. The molecule has 0 amide bonds. The van der Waals surface area contributed by atoms with Crippen molar-refractivity contribution in [3.63, 3.8) is 0 Å². The molecule has 0 aromatic heterocycles. The van der Waals surface area contributed by atoms with Crippen molar-refractivity contribution in [2.45, 2.75) is 12.0 Å². The monoisotopic (exact) mass is 183 g/mol. The van der Waals surface area contributed by atoms with Gasteiger partial charge in [0.15, 0.2) is 0 Å². The average molecular weight is 183 g/mol. The number of likely N-dealkylation sites (N-methyl/N-ethyl adjacent to an activating group) is 1. The number of ether oxygens (including phenoxy) is 1. The van der Waals surface area contributed by atoms with Crippen LogP contribution in [0.4, 0.5) is 0 Å². The molecule has 0 aromatic rings. The van der Waals surface area contributed by atoms with Gasteiger partial charge in [-0.2, -0.15) is 5.26 Å². The molecule has 1 fully saturated rings. The fourth-order valence-electron chi connectivity index (χ4n) is 1.67. The Morgan fingerprint density at radius 1 is 1.69 bits per heavy atom. The lowest BCUT2D eigenvalue weighted by Gasteiger charge is -2.21. The summed E-state index contributed by atoms with van der Waals surface area (Å²) in [6, 6.07) is 2.36. The van der Waals surface area contributed by atoms with Crippen LogP contribution < -0.4 is 5.32 Å². The Labute approximate surface area is 79.5 Å². The molecule has 0 aromatic carbocycles. The largest absolute Gasteiger partial charge is 0.383 e. The van der Waals surface area contributed by atoms with Crippen molar-refractivity contribution in [2.24, 2.45) is 0 Å². The van der Waals surface area contributed by atoms with Gasteiger partial charge in [0.2, 0.25) is 0 Å². The van der Waals surface area contributed by atoms with E-state index in [0.29, 0.717) is 6.61 Å². The Hall–Kier alpha value is -0.630. The second kappa shape index (κ2) is 4.56. The zero-order valence-electron chi connectivity index (χ0n) is 8.34. The van der Waals surface area contributed by atoms with Gasteiger partial charge in [0.1, 0.15) is 5.54 Å². The van der Waals surface area contributed by atoms with Crippen LogP contribution in [0.25, 0.3) is 0 Å². The van der Waals surface area contributed by atoms with Crippen LogP contribution in [-0.4, -0.2) is 50.8 Å². The van der Waals surface area contributed by atoms with E-state index in [9.17, 15) is 0 Å². The third-order valence-electron chi connectivity index (χ3n) is 2.44. The molecule has 0 radical (unpaired) electrons. The number of nitrogens with one attached hydrogen (secondary N) is 1. The van der Waals surface area contributed by atoms with Gasteiger partial charge in [-0.05, 0) is 13.5 Å². The molecule has 0 saturated carbocycles. The predicted molar refractivity (Wildman–Crippen MR) is 50.3 cm³/mol. The molecule has 1 N–H and O–H groups in total. The highest BCUT2D eigenvalue weighted by Crippen LogP contribution is 2.18. The number of rotatable bonds is 4. The fraction of sp³-hybridized carbons (Fsp3) is 0.889. The predicted octanol–water partition coefficient (Wildman–Crippen LogP) is -0.180. The Bertz CT molecular complexity index is 202. The molecule has 1 aliphatic heterocycles. The molecule has 1 unspecified atom stereocenters. The Kier molecular flexibility index (Phi) is 3.67. The Balaban J connectivity index is 2.38. The summed E-state index contributed by atoms with van der Waals surface area (Å²) in [6.45, 7) is 3.21. The lowest BCUT2D eigenvalue weighted by molar-refractivity contribution is 0.191. The van der Waals surface area contributed by atoms with E-state index in [-0.39, 0.29) is 5.54 Å². The van der Waals surface area contributed by atoms with Gasteiger partial charge in [-0.3, -0.25) is 5.32 Å². The van der Waals surface area contributed by atoms with Gasteiger partial charge >= 0.3 is 0 Å². The summed E-state index contributed by atoms with van der Waals surface area (Å²) in [4.78, 5) is 2.17. The number of likely N-dealkylation sites (tertiary alicyclic amines) is 1. The number of hydrogen-bond donors (Lipinski definition) is 1. The van der Waals surface area contributed by atoms with E-state index in [1.165, 1.54) is 0 Å². The summed E-state index contributed by atoms with van der Waals surface area (Å²) >= 11 is 0. The highest BCUT2D eigenvalue weighted by molar-refractivity contribution is 5.12. The van der Waals surface area contributed by atoms with E-state index < -0.39 is 0 Å². The summed E-state index contributed by atoms with van der Waals surface area (Å²) in [6.07, 6.45) is 0.906. The maximum atomic E-state index is 9.05. The normalized spacial score (nSPS) is 29.0. The first-order valence-corrected chi connectivity index (χ1v) is 4.56. The van der Waals surface area contributed by atoms with Crippen molar-refractivity contribution in [1.29, 1.82) is 5.26 Å². The van der Waals surface area contributed by atoms with Crippen molar-refractivity contribution < 1.29 is 4.74 Å². The molecular weight excluding hydrogens is 166 g/mol. The van der Waals surface area contributed by atoms with E-state index in [4.69, 9.17) is 10.00 Å². The first-order chi connectivity index (χ1) is 6.22. The summed E-state index contributed by atoms with van der Waals surface area (Å²) in [5.41, 5.74) is -0.340. The third kappa shape index (κ3) is 2.66. The molecule has 13 heavy (non-hydrogen) atoms. The zero-order valence-corrected chi connectivity index (χ0v) is 8.34. The second-order valence-corrected chi connectivity index (χ2v) is 3.60. The van der Waals surface area contributed by atoms with Gasteiger partial charge in [0.25, 0.3) is 0 Å². The standard InChI is InChI=1S/C9H17N3O/c1-12-5-3-9(7-10,8-12)11-4-6-13-2/h11H,3-6,8H2,1-2H3. The lowest BCUT2D eigenvalue weighted by Crippen LogP contribution is -2.47. The van der Waals surface area contributed by atoms with Crippen molar-refractivity contribution in [3.8, 4) is 6.07 Å². The fourth-order valence-corrected chi connectivity index (χ4v) is 1.67. The second-order valence-electron chi connectivity index (χ2n) is 3.60. The van der Waals surface area contributed by atoms with Crippen molar-refractivity contribution in [3.05, 3.63) is 0 Å². The number of nitrogens with zero attached hydrogens (tertiary/aromatic N) is 2. The topological polar surface area (TPSA) is 48.3 Å². The number of nitriles is 1. The van der Waals surface area contributed by atoms with Crippen molar-refractivity contribution >= 4 is 0 Å². The molecule has 1 aliphatic rings. The van der Waals surface area contributed by atoms with Crippen molar-refractivity contribution in [1.82, 2.24) is 10.2 Å². The molecule has 0 bridgehead atoms.